The molecule has 0 N–H and O–H groups in total. The summed E-state index contributed by atoms with van der Waals surface area (Å²) in [6.07, 6.45) is -5.72. The second-order valence-electron chi connectivity index (χ2n) is 6.71. The Kier molecular flexibility index (Phi) is 4.79. The molecule has 3 rings (SSSR count). The van der Waals surface area contributed by atoms with E-state index >= 15 is 0 Å². The van der Waals surface area contributed by atoms with Crippen LogP contribution in [0.1, 0.15) is 39.6 Å². The number of rotatable bonds is 3. The molecule has 138 valence electrons. The first kappa shape index (κ1) is 18.7. The van der Waals surface area contributed by atoms with Gasteiger partial charge < -0.3 is 0 Å². The van der Waals surface area contributed by atoms with Crippen LogP contribution in [0, 0.1) is 17.3 Å². The van der Waals surface area contributed by atoms with E-state index in [1.54, 1.807) is 42.5 Å². The van der Waals surface area contributed by atoms with Gasteiger partial charge in [0, 0.05) is 12.1 Å². The molecule has 1 atom stereocenters. The van der Waals surface area contributed by atoms with Crippen LogP contribution in [0.2, 0.25) is 0 Å². The van der Waals surface area contributed by atoms with Gasteiger partial charge in [0.05, 0.1) is 23.0 Å². The Labute approximate surface area is 154 Å². The normalized spacial score (nSPS) is 15.8. The molecule has 0 saturated heterocycles. The molecule has 2 aromatic rings. The van der Waals surface area contributed by atoms with E-state index < -0.39 is 36.4 Å². The summed E-state index contributed by atoms with van der Waals surface area (Å²) in [6.45, 7) is 0.888. The summed E-state index contributed by atoms with van der Waals surface area (Å²) in [5, 5.41) is 0. The Bertz CT molecular complexity index is 906. The lowest BCUT2D eigenvalue weighted by molar-refractivity contribution is -0.150. The molecule has 3 nitrogen and oxygen atoms in total. The molecule has 1 unspecified atom stereocenters. The van der Waals surface area contributed by atoms with E-state index in [-0.39, 0.29) is 11.1 Å². The third-order valence-corrected chi connectivity index (χ3v) is 4.26. The van der Waals surface area contributed by atoms with Crippen LogP contribution in [0.4, 0.5) is 13.2 Å². The van der Waals surface area contributed by atoms with Crippen LogP contribution in [0.5, 0.6) is 0 Å². The lowest BCUT2D eigenvalue weighted by Gasteiger charge is -2.29. The van der Waals surface area contributed by atoms with Crippen LogP contribution < -0.4 is 0 Å². The fraction of sp³-hybridized carbons (Fsp3) is 0.238. The largest absolute Gasteiger partial charge is 0.390 e. The van der Waals surface area contributed by atoms with E-state index in [1.165, 1.54) is 19.1 Å². The Morgan fingerprint density at radius 3 is 1.93 bits per heavy atom. The number of nitrogens with zero attached hydrogens (tertiary/aromatic N) is 1. The molecular weight excluding hydrogens is 355 g/mol. The maximum atomic E-state index is 13.2. The van der Waals surface area contributed by atoms with Gasteiger partial charge in [0.1, 0.15) is 0 Å². The Morgan fingerprint density at radius 1 is 0.889 bits per heavy atom. The van der Waals surface area contributed by atoms with Crippen molar-refractivity contribution in [3.8, 4) is 11.8 Å². The Morgan fingerprint density at radius 2 is 1.41 bits per heavy atom. The summed E-state index contributed by atoms with van der Waals surface area (Å²) in [6, 6.07) is 14.8. The van der Waals surface area contributed by atoms with Crippen LogP contribution in [-0.4, -0.2) is 29.4 Å². The molecule has 0 radical (unpaired) electrons. The van der Waals surface area contributed by atoms with E-state index in [9.17, 15) is 22.8 Å². The van der Waals surface area contributed by atoms with Crippen molar-refractivity contribution in [1.82, 2.24) is 4.90 Å². The minimum atomic E-state index is -4.49. The van der Waals surface area contributed by atoms with Crippen molar-refractivity contribution >= 4 is 11.8 Å². The SMILES string of the molecule is CC(C#Cc1ccccc1)(CN1C(=O)c2ccccc2C1=O)CC(F)(F)F. The van der Waals surface area contributed by atoms with Crippen molar-refractivity contribution in [3.63, 3.8) is 0 Å². The van der Waals surface area contributed by atoms with Gasteiger partial charge in [-0.25, -0.2) is 0 Å². The number of fused-ring (bicyclic) bond motifs is 1. The smallest absolute Gasteiger partial charge is 0.273 e. The average molecular weight is 371 g/mol. The Hall–Kier alpha value is -3.07. The van der Waals surface area contributed by atoms with E-state index in [1.807, 2.05) is 0 Å². The van der Waals surface area contributed by atoms with Crippen molar-refractivity contribution in [2.75, 3.05) is 6.54 Å². The summed E-state index contributed by atoms with van der Waals surface area (Å²) in [5.74, 6) is 4.20. The van der Waals surface area contributed by atoms with Crippen molar-refractivity contribution in [3.05, 3.63) is 71.3 Å². The number of halogens is 3. The van der Waals surface area contributed by atoms with Crippen LogP contribution in [0.3, 0.4) is 0 Å². The number of hydrogen-bond acceptors (Lipinski definition) is 2. The molecule has 0 fully saturated rings. The number of hydrogen-bond donors (Lipinski definition) is 0. The second kappa shape index (κ2) is 6.92. The highest BCUT2D eigenvalue weighted by Gasteiger charge is 2.44. The lowest BCUT2D eigenvalue weighted by atomic mass is 9.86. The van der Waals surface area contributed by atoms with Crippen LogP contribution >= 0.6 is 0 Å². The zero-order valence-electron chi connectivity index (χ0n) is 14.5. The van der Waals surface area contributed by atoms with Gasteiger partial charge in [-0.15, -0.1) is 0 Å². The van der Waals surface area contributed by atoms with E-state index in [2.05, 4.69) is 11.8 Å². The molecular formula is C21H16F3NO2. The maximum Gasteiger partial charge on any atom is 0.390 e. The third kappa shape index (κ3) is 4.20. The molecule has 0 bridgehead atoms. The Balaban J connectivity index is 1.92. The molecule has 1 aliphatic heterocycles. The molecule has 0 aliphatic carbocycles. The van der Waals surface area contributed by atoms with Crippen molar-refractivity contribution in [2.45, 2.75) is 19.5 Å². The standard InChI is InChI=1S/C21H16F3NO2/c1-20(13-21(22,23)24,12-11-15-7-3-2-4-8-15)14-25-18(26)16-9-5-6-10-17(16)19(25)27/h2-10H,13-14H2,1H3. The predicted octanol–water partition coefficient (Wildman–Crippen LogP) is 4.29. The first-order chi connectivity index (χ1) is 12.7. The molecule has 0 aromatic heterocycles. The number of carbonyl (C=O) groups excluding carboxylic acids is 2. The van der Waals surface area contributed by atoms with E-state index in [0.717, 1.165) is 4.90 Å². The van der Waals surface area contributed by atoms with Gasteiger partial charge in [0.2, 0.25) is 0 Å². The highest BCUT2D eigenvalue weighted by molar-refractivity contribution is 6.21. The molecule has 6 heteroatoms. The topological polar surface area (TPSA) is 37.4 Å². The van der Waals surface area contributed by atoms with Gasteiger partial charge in [-0.1, -0.05) is 42.2 Å². The molecule has 27 heavy (non-hydrogen) atoms. The van der Waals surface area contributed by atoms with E-state index in [4.69, 9.17) is 0 Å². The fourth-order valence-corrected chi connectivity index (χ4v) is 3.06. The molecule has 2 amide bonds. The van der Waals surface area contributed by atoms with Gasteiger partial charge in [0.25, 0.3) is 11.8 Å². The zero-order valence-corrected chi connectivity index (χ0v) is 14.5. The third-order valence-electron chi connectivity index (χ3n) is 4.26. The molecule has 0 saturated carbocycles. The summed E-state index contributed by atoms with van der Waals surface area (Å²) < 4.78 is 39.5. The van der Waals surface area contributed by atoms with Crippen molar-refractivity contribution in [2.24, 2.45) is 5.41 Å². The highest BCUT2D eigenvalue weighted by Crippen LogP contribution is 2.36. The van der Waals surface area contributed by atoms with Gasteiger partial charge >= 0.3 is 6.18 Å². The predicted molar refractivity (Wildman–Crippen MR) is 93.9 cm³/mol. The molecule has 1 aliphatic rings. The number of alkyl halides is 3. The summed E-state index contributed by atoms with van der Waals surface area (Å²) in [4.78, 5) is 25.9. The van der Waals surface area contributed by atoms with E-state index in [0.29, 0.717) is 5.56 Å². The first-order valence-corrected chi connectivity index (χ1v) is 8.29. The van der Waals surface area contributed by atoms with Gasteiger partial charge in [0.15, 0.2) is 0 Å². The number of imide groups is 1. The first-order valence-electron chi connectivity index (χ1n) is 8.29. The second-order valence-corrected chi connectivity index (χ2v) is 6.71. The number of benzene rings is 2. The quantitative estimate of drug-likeness (QED) is 0.596. The van der Waals surface area contributed by atoms with Gasteiger partial charge in [-0.2, -0.15) is 13.2 Å². The highest BCUT2D eigenvalue weighted by atomic mass is 19.4. The van der Waals surface area contributed by atoms with Crippen LogP contribution in [0.15, 0.2) is 54.6 Å². The number of amides is 2. The molecule has 2 aromatic carbocycles. The average Bonchev–Trinajstić information content (AvgIpc) is 2.85. The fourth-order valence-electron chi connectivity index (χ4n) is 3.06. The molecule has 1 heterocycles. The summed E-state index contributed by atoms with van der Waals surface area (Å²) in [7, 11) is 0. The van der Waals surface area contributed by atoms with Gasteiger partial charge in [-0.3, -0.25) is 14.5 Å². The molecule has 0 spiro atoms. The van der Waals surface area contributed by atoms with Crippen LogP contribution in [0.25, 0.3) is 0 Å². The summed E-state index contributed by atoms with van der Waals surface area (Å²) >= 11 is 0. The zero-order chi connectivity index (χ0) is 19.7. The number of carbonyl (C=O) groups is 2. The van der Waals surface area contributed by atoms with Crippen LogP contribution in [-0.2, 0) is 0 Å². The van der Waals surface area contributed by atoms with Crippen molar-refractivity contribution in [1.29, 1.82) is 0 Å². The van der Waals surface area contributed by atoms with Crippen molar-refractivity contribution < 1.29 is 22.8 Å². The minimum absolute atomic E-state index is 0.202. The summed E-state index contributed by atoms with van der Waals surface area (Å²) in [5.41, 5.74) is -0.657. The van der Waals surface area contributed by atoms with Gasteiger partial charge in [-0.05, 0) is 31.2 Å². The maximum absolute atomic E-state index is 13.2. The monoisotopic (exact) mass is 371 g/mol. The lowest BCUT2D eigenvalue weighted by Crippen LogP contribution is -2.41. The minimum Gasteiger partial charge on any atom is -0.273 e.